The van der Waals surface area contributed by atoms with Crippen LogP contribution in [0.1, 0.15) is 12.0 Å². The first kappa shape index (κ1) is 12.8. The molecular formula is C12H13F3O. The van der Waals surface area contributed by atoms with Crippen molar-refractivity contribution in [1.29, 1.82) is 0 Å². The van der Waals surface area contributed by atoms with Crippen LogP contribution in [0.25, 0.3) is 0 Å². The van der Waals surface area contributed by atoms with Crippen LogP contribution in [0.3, 0.4) is 0 Å². The zero-order valence-corrected chi connectivity index (χ0v) is 8.61. The van der Waals surface area contributed by atoms with Crippen molar-refractivity contribution in [2.45, 2.75) is 25.1 Å². The summed E-state index contributed by atoms with van der Waals surface area (Å²) in [6.45, 7) is 0. The number of allylic oxidation sites excluding steroid dienone is 1. The van der Waals surface area contributed by atoms with Crippen molar-refractivity contribution in [2.75, 3.05) is 0 Å². The summed E-state index contributed by atoms with van der Waals surface area (Å²) in [5, 5.41) is 8.67. The van der Waals surface area contributed by atoms with E-state index in [0.717, 1.165) is 11.6 Å². The molecule has 4 heteroatoms. The number of aliphatic hydroxyl groups excluding tert-OH is 1. The standard InChI is InChI=1S/C12H13F3O/c13-12(14,15)11(16)9-5-4-8-10-6-2-1-3-7-10/h1-3,5-7,9,11,16H,4,8H2. The Morgan fingerprint density at radius 1 is 1.19 bits per heavy atom. The number of aryl methyl sites for hydroxylation is 1. The number of hydrogen-bond acceptors (Lipinski definition) is 1. The average Bonchev–Trinajstić information content (AvgIpc) is 2.24. The van der Waals surface area contributed by atoms with E-state index in [2.05, 4.69) is 0 Å². The van der Waals surface area contributed by atoms with Gasteiger partial charge >= 0.3 is 6.18 Å². The van der Waals surface area contributed by atoms with E-state index in [-0.39, 0.29) is 0 Å². The fourth-order valence-electron chi connectivity index (χ4n) is 1.23. The molecule has 1 unspecified atom stereocenters. The average molecular weight is 230 g/mol. The number of halogens is 3. The van der Waals surface area contributed by atoms with Crippen molar-refractivity contribution in [2.24, 2.45) is 0 Å². The largest absolute Gasteiger partial charge is 0.417 e. The van der Waals surface area contributed by atoms with E-state index in [1.165, 1.54) is 6.08 Å². The fraction of sp³-hybridized carbons (Fsp3) is 0.333. The Hall–Kier alpha value is -1.29. The number of aliphatic hydroxyl groups is 1. The lowest BCUT2D eigenvalue weighted by Gasteiger charge is -2.09. The maximum atomic E-state index is 11.9. The van der Waals surface area contributed by atoms with Gasteiger partial charge in [-0.25, -0.2) is 0 Å². The first-order valence-corrected chi connectivity index (χ1v) is 4.95. The highest BCUT2D eigenvalue weighted by Gasteiger charge is 2.35. The summed E-state index contributed by atoms with van der Waals surface area (Å²) < 4.78 is 35.7. The van der Waals surface area contributed by atoms with E-state index in [1.807, 2.05) is 30.3 Å². The minimum Gasteiger partial charge on any atom is -0.380 e. The fourth-order valence-corrected chi connectivity index (χ4v) is 1.23. The van der Waals surface area contributed by atoms with E-state index in [9.17, 15) is 13.2 Å². The zero-order valence-electron chi connectivity index (χ0n) is 8.61. The van der Waals surface area contributed by atoms with E-state index < -0.39 is 12.3 Å². The molecule has 0 aliphatic rings. The van der Waals surface area contributed by atoms with Gasteiger partial charge in [-0.2, -0.15) is 13.2 Å². The van der Waals surface area contributed by atoms with Crippen molar-refractivity contribution in [1.82, 2.24) is 0 Å². The van der Waals surface area contributed by atoms with Gasteiger partial charge in [0, 0.05) is 0 Å². The molecule has 0 aliphatic heterocycles. The lowest BCUT2D eigenvalue weighted by atomic mass is 10.1. The van der Waals surface area contributed by atoms with Crippen LogP contribution in [-0.2, 0) is 6.42 Å². The predicted octanol–water partition coefficient (Wildman–Crippen LogP) is 3.10. The summed E-state index contributed by atoms with van der Waals surface area (Å²) in [6.07, 6.45) is -3.64. The lowest BCUT2D eigenvalue weighted by Crippen LogP contribution is -2.25. The predicted molar refractivity (Wildman–Crippen MR) is 56.0 cm³/mol. The smallest absolute Gasteiger partial charge is 0.380 e. The second kappa shape index (κ2) is 5.70. The van der Waals surface area contributed by atoms with Crippen LogP contribution in [0.15, 0.2) is 42.5 Å². The highest BCUT2D eigenvalue weighted by Crippen LogP contribution is 2.20. The monoisotopic (exact) mass is 230 g/mol. The van der Waals surface area contributed by atoms with Crippen molar-refractivity contribution >= 4 is 0 Å². The van der Waals surface area contributed by atoms with Crippen molar-refractivity contribution < 1.29 is 18.3 Å². The van der Waals surface area contributed by atoms with Gasteiger partial charge in [0.25, 0.3) is 0 Å². The van der Waals surface area contributed by atoms with Crippen LogP contribution in [0, 0.1) is 0 Å². The van der Waals surface area contributed by atoms with E-state index in [0.29, 0.717) is 12.8 Å². The molecule has 0 radical (unpaired) electrons. The molecule has 1 aromatic carbocycles. The molecule has 0 saturated heterocycles. The molecule has 1 aromatic rings. The first-order chi connectivity index (χ1) is 7.50. The molecule has 88 valence electrons. The van der Waals surface area contributed by atoms with Gasteiger partial charge in [-0.15, -0.1) is 0 Å². The Balaban J connectivity index is 2.34. The summed E-state index contributed by atoms with van der Waals surface area (Å²) in [4.78, 5) is 0. The van der Waals surface area contributed by atoms with Crippen molar-refractivity contribution in [3.8, 4) is 0 Å². The van der Waals surface area contributed by atoms with Gasteiger partial charge in [0.15, 0.2) is 6.10 Å². The minimum absolute atomic E-state index is 0.483. The van der Waals surface area contributed by atoms with Crippen LogP contribution >= 0.6 is 0 Å². The second-order valence-electron chi connectivity index (χ2n) is 3.44. The van der Waals surface area contributed by atoms with Gasteiger partial charge < -0.3 is 5.11 Å². The third kappa shape index (κ3) is 4.49. The van der Waals surface area contributed by atoms with Crippen LogP contribution in [0.2, 0.25) is 0 Å². The highest BCUT2D eigenvalue weighted by atomic mass is 19.4. The van der Waals surface area contributed by atoms with Gasteiger partial charge in [0.2, 0.25) is 0 Å². The molecule has 1 nitrogen and oxygen atoms in total. The van der Waals surface area contributed by atoms with Crippen molar-refractivity contribution in [3.05, 3.63) is 48.0 Å². The van der Waals surface area contributed by atoms with E-state index in [1.54, 1.807) is 0 Å². The molecule has 1 N–H and O–H groups in total. The van der Waals surface area contributed by atoms with Crippen LogP contribution in [0.4, 0.5) is 13.2 Å². The van der Waals surface area contributed by atoms with Crippen LogP contribution in [-0.4, -0.2) is 17.4 Å². The molecule has 1 rings (SSSR count). The Morgan fingerprint density at radius 3 is 2.38 bits per heavy atom. The summed E-state index contributed by atoms with van der Waals surface area (Å²) in [6, 6.07) is 9.46. The molecule has 0 fully saturated rings. The van der Waals surface area contributed by atoms with Gasteiger partial charge in [-0.1, -0.05) is 42.5 Å². The topological polar surface area (TPSA) is 20.2 Å². The van der Waals surface area contributed by atoms with Crippen molar-refractivity contribution in [3.63, 3.8) is 0 Å². The second-order valence-corrected chi connectivity index (χ2v) is 3.44. The summed E-state index contributed by atoms with van der Waals surface area (Å²) in [5.41, 5.74) is 1.06. The third-order valence-corrected chi connectivity index (χ3v) is 2.10. The van der Waals surface area contributed by atoms with Crippen LogP contribution < -0.4 is 0 Å². The SMILES string of the molecule is OC(C=CCCc1ccccc1)C(F)(F)F. The molecule has 0 amide bonds. The summed E-state index contributed by atoms with van der Waals surface area (Å²) in [5.74, 6) is 0. The normalized spacial score (nSPS) is 14.2. The Kier molecular flexibility index (Phi) is 4.55. The quantitative estimate of drug-likeness (QED) is 0.788. The molecule has 0 spiro atoms. The van der Waals surface area contributed by atoms with Gasteiger partial charge in [-0.3, -0.25) is 0 Å². The van der Waals surface area contributed by atoms with E-state index >= 15 is 0 Å². The lowest BCUT2D eigenvalue weighted by molar-refractivity contribution is -0.187. The Morgan fingerprint density at radius 2 is 1.81 bits per heavy atom. The molecular weight excluding hydrogens is 217 g/mol. The number of alkyl halides is 3. The van der Waals surface area contributed by atoms with Gasteiger partial charge in [-0.05, 0) is 18.4 Å². The highest BCUT2D eigenvalue weighted by molar-refractivity contribution is 5.15. The molecule has 0 bridgehead atoms. The maximum absolute atomic E-state index is 11.9. The molecule has 1 atom stereocenters. The van der Waals surface area contributed by atoms with Gasteiger partial charge in [0.1, 0.15) is 0 Å². The van der Waals surface area contributed by atoms with E-state index in [4.69, 9.17) is 5.11 Å². The molecule has 0 aromatic heterocycles. The number of rotatable bonds is 4. The zero-order chi connectivity index (χ0) is 12.0. The molecule has 16 heavy (non-hydrogen) atoms. The van der Waals surface area contributed by atoms with Gasteiger partial charge in [0.05, 0.1) is 0 Å². The first-order valence-electron chi connectivity index (χ1n) is 4.95. The number of hydrogen-bond donors (Lipinski definition) is 1. The summed E-state index contributed by atoms with van der Waals surface area (Å²) in [7, 11) is 0. The van der Waals surface area contributed by atoms with Crippen LogP contribution in [0.5, 0.6) is 0 Å². The third-order valence-electron chi connectivity index (χ3n) is 2.10. The Labute approximate surface area is 92.2 Å². The minimum atomic E-state index is -4.57. The molecule has 0 heterocycles. The molecule has 0 aliphatic carbocycles. The number of benzene rings is 1. The maximum Gasteiger partial charge on any atom is 0.417 e. The molecule has 0 saturated carbocycles. The Bertz CT molecular complexity index is 330. The summed E-state index contributed by atoms with van der Waals surface area (Å²) >= 11 is 0.